The van der Waals surface area contributed by atoms with Gasteiger partial charge in [0.05, 0.1) is 17.7 Å². The summed E-state index contributed by atoms with van der Waals surface area (Å²) >= 11 is 0. The average molecular weight is 304 g/mol. The Kier molecular flexibility index (Phi) is 4.16. The second kappa shape index (κ2) is 6.26. The normalized spacial score (nSPS) is 17.1. The van der Waals surface area contributed by atoms with Gasteiger partial charge in [-0.15, -0.1) is 0 Å². The van der Waals surface area contributed by atoms with Crippen LogP contribution in [-0.2, 0) is 0 Å². The summed E-state index contributed by atoms with van der Waals surface area (Å²) in [5, 5.41) is 9.03. The Bertz CT molecular complexity index is 768. The van der Waals surface area contributed by atoms with E-state index in [0.717, 1.165) is 19.4 Å². The molecule has 3 heteroatoms. The fourth-order valence-electron chi connectivity index (χ4n) is 3.45. The van der Waals surface area contributed by atoms with Crippen LogP contribution < -0.4 is 0 Å². The van der Waals surface area contributed by atoms with Crippen LogP contribution in [0.25, 0.3) is 0 Å². The third-order valence-electron chi connectivity index (χ3n) is 4.38. The van der Waals surface area contributed by atoms with Crippen molar-refractivity contribution < 1.29 is 4.79 Å². The van der Waals surface area contributed by atoms with Crippen molar-refractivity contribution in [2.45, 2.75) is 32.7 Å². The van der Waals surface area contributed by atoms with Crippen LogP contribution in [0, 0.1) is 25.2 Å². The maximum absolute atomic E-state index is 12.9. The third-order valence-corrected chi connectivity index (χ3v) is 4.38. The Morgan fingerprint density at radius 2 is 1.91 bits per heavy atom. The Hall–Kier alpha value is -2.60. The number of amides is 1. The van der Waals surface area contributed by atoms with Gasteiger partial charge in [0.25, 0.3) is 5.91 Å². The lowest BCUT2D eigenvalue weighted by Gasteiger charge is -2.26. The number of aryl methyl sites for hydroxylation is 2. The number of carbonyl (C=O) groups is 1. The van der Waals surface area contributed by atoms with Crippen LogP contribution in [0.5, 0.6) is 0 Å². The minimum absolute atomic E-state index is 0.0174. The van der Waals surface area contributed by atoms with Crippen molar-refractivity contribution in [3.05, 3.63) is 70.3 Å². The van der Waals surface area contributed by atoms with Crippen LogP contribution >= 0.6 is 0 Å². The van der Waals surface area contributed by atoms with Crippen molar-refractivity contribution in [2.24, 2.45) is 0 Å². The predicted octanol–water partition coefficient (Wildman–Crippen LogP) is 4.15. The number of carbonyl (C=O) groups excluding carboxylic acids is 1. The monoisotopic (exact) mass is 304 g/mol. The maximum Gasteiger partial charge on any atom is 0.254 e. The Morgan fingerprint density at radius 3 is 2.61 bits per heavy atom. The fraction of sp³-hybridized carbons (Fsp3) is 0.300. The van der Waals surface area contributed by atoms with Gasteiger partial charge in [-0.05, 0) is 50.5 Å². The van der Waals surface area contributed by atoms with Crippen LogP contribution in [0.15, 0.2) is 42.5 Å². The van der Waals surface area contributed by atoms with Crippen LogP contribution in [-0.4, -0.2) is 17.4 Å². The van der Waals surface area contributed by atoms with Gasteiger partial charge in [0.15, 0.2) is 0 Å². The van der Waals surface area contributed by atoms with E-state index in [-0.39, 0.29) is 11.9 Å². The molecule has 0 aliphatic carbocycles. The Morgan fingerprint density at radius 1 is 1.17 bits per heavy atom. The van der Waals surface area contributed by atoms with Crippen LogP contribution in [0.3, 0.4) is 0 Å². The molecule has 2 aromatic carbocycles. The van der Waals surface area contributed by atoms with Crippen molar-refractivity contribution in [1.29, 1.82) is 5.26 Å². The molecule has 0 radical (unpaired) electrons. The molecule has 1 amide bonds. The van der Waals surface area contributed by atoms with Crippen molar-refractivity contribution >= 4 is 5.91 Å². The van der Waals surface area contributed by atoms with Crippen molar-refractivity contribution in [2.75, 3.05) is 6.54 Å². The standard InChI is InChI=1S/C20H20N2O/c1-14-9-15(2)11-18(10-14)19-7-4-8-22(19)20(23)17-6-3-5-16(12-17)13-21/h3,5-6,9-12,19H,4,7-8H2,1-2H3. The quantitative estimate of drug-likeness (QED) is 0.836. The van der Waals surface area contributed by atoms with Gasteiger partial charge in [0.2, 0.25) is 0 Å². The summed E-state index contributed by atoms with van der Waals surface area (Å²) in [5.74, 6) is 0.0174. The van der Waals surface area contributed by atoms with Gasteiger partial charge in [0.1, 0.15) is 0 Å². The summed E-state index contributed by atoms with van der Waals surface area (Å²) in [6.07, 6.45) is 2.01. The summed E-state index contributed by atoms with van der Waals surface area (Å²) in [6.45, 7) is 4.95. The van der Waals surface area contributed by atoms with Crippen molar-refractivity contribution in [3.63, 3.8) is 0 Å². The van der Waals surface area contributed by atoms with Crippen LogP contribution in [0.1, 0.15) is 51.5 Å². The molecule has 3 rings (SSSR count). The lowest BCUT2D eigenvalue weighted by atomic mass is 9.99. The molecule has 116 valence electrons. The topological polar surface area (TPSA) is 44.1 Å². The van der Waals surface area contributed by atoms with Crippen LogP contribution in [0.4, 0.5) is 0 Å². The molecule has 1 aliphatic rings. The van der Waals surface area contributed by atoms with Gasteiger partial charge >= 0.3 is 0 Å². The van der Waals surface area contributed by atoms with Gasteiger partial charge in [-0.2, -0.15) is 5.26 Å². The number of hydrogen-bond donors (Lipinski definition) is 0. The SMILES string of the molecule is Cc1cc(C)cc(C2CCCN2C(=O)c2cccc(C#N)c2)c1. The molecule has 1 saturated heterocycles. The highest BCUT2D eigenvalue weighted by atomic mass is 16.2. The molecule has 1 heterocycles. The Balaban J connectivity index is 1.92. The summed E-state index contributed by atoms with van der Waals surface area (Å²) < 4.78 is 0. The largest absolute Gasteiger partial charge is 0.332 e. The summed E-state index contributed by atoms with van der Waals surface area (Å²) in [5.41, 5.74) is 4.79. The zero-order chi connectivity index (χ0) is 16.4. The molecular weight excluding hydrogens is 284 g/mol. The third kappa shape index (κ3) is 3.12. The van der Waals surface area contributed by atoms with Crippen molar-refractivity contribution in [3.8, 4) is 6.07 Å². The van der Waals surface area contributed by atoms with E-state index in [1.54, 1.807) is 24.3 Å². The molecule has 2 aromatic rings. The molecule has 0 N–H and O–H groups in total. The molecule has 1 aliphatic heterocycles. The molecule has 0 aromatic heterocycles. The minimum Gasteiger partial charge on any atom is -0.332 e. The van der Waals surface area contributed by atoms with Crippen molar-refractivity contribution in [1.82, 2.24) is 4.90 Å². The summed E-state index contributed by atoms with van der Waals surface area (Å²) in [4.78, 5) is 14.8. The molecule has 1 fully saturated rings. The number of benzene rings is 2. The first-order valence-electron chi connectivity index (χ1n) is 7.98. The molecular formula is C20H20N2O. The summed E-state index contributed by atoms with van der Waals surface area (Å²) in [6, 6.07) is 15.7. The molecule has 1 unspecified atom stereocenters. The second-order valence-corrected chi connectivity index (χ2v) is 6.27. The first-order valence-corrected chi connectivity index (χ1v) is 7.98. The summed E-state index contributed by atoms with van der Waals surface area (Å²) in [7, 11) is 0. The van der Waals surface area contributed by atoms with Gasteiger partial charge in [-0.3, -0.25) is 4.79 Å². The first kappa shape index (κ1) is 15.3. The fourth-order valence-corrected chi connectivity index (χ4v) is 3.45. The number of likely N-dealkylation sites (tertiary alicyclic amines) is 1. The highest BCUT2D eigenvalue weighted by Crippen LogP contribution is 2.34. The molecule has 3 nitrogen and oxygen atoms in total. The van der Waals surface area contributed by atoms with E-state index in [1.165, 1.54) is 16.7 Å². The zero-order valence-electron chi connectivity index (χ0n) is 13.5. The van der Waals surface area contributed by atoms with Gasteiger partial charge in [-0.1, -0.05) is 35.4 Å². The van der Waals surface area contributed by atoms with E-state index in [4.69, 9.17) is 5.26 Å². The molecule has 0 bridgehead atoms. The zero-order valence-corrected chi connectivity index (χ0v) is 13.5. The van der Waals surface area contributed by atoms with E-state index in [1.807, 2.05) is 4.90 Å². The first-order chi connectivity index (χ1) is 11.1. The van der Waals surface area contributed by atoms with E-state index in [0.29, 0.717) is 11.1 Å². The average Bonchev–Trinajstić information content (AvgIpc) is 3.03. The number of rotatable bonds is 2. The number of nitriles is 1. The van der Waals surface area contributed by atoms with E-state index in [2.05, 4.69) is 38.1 Å². The van der Waals surface area contributed by atoms with E-state index < -0.39 is 0 Å². The minimum atomic E-state index is 0.0174. The molecule has 1 atom stereocenters. The molecule has 23 heavy (non-hydrogen) atoms. The second-order valence-electron chi connectivity index (χ2n) is 6.27. The van der Waals surface area contributed by atoms with E-state index >= 15 is 0 Å². The number of nitrogens with zero attached hydrogens (tertiary/aromatic N) is 2. The highest BCUT2D eigenvalue weighted by molar-refractivity contribution is 5.95. The van der Waals surface area contributed by atoms with E-state index in [9.17, 15) is 4.79 Å². The lowest BCUT2D eigenvalue weighted by molar-refractivity contribution is 0.0735. The van der Waals surface area contributed by atoms with Gasteiger partial charge in [0, 0.05) is 12.1 Å². The van der Waals surface area contributed by atoms with Crippen LogP contribution in [0.2, 0.25) is 0 Å². The molecule has 0 saturated carbocycles. The van der Waals surface area contributed by atoms with Gasteiger partial charge < -0.3 is 4.90 Å². The molecule has 0 spiro atoms. The smallest absolute Gasteiger partial charge is 0.254 e. The maximum atomic E-state index is 12.9. The predicted molar refractivity (Wildman–Crippen MR) is 90.1 cm³/mol. The Labute approximate surface area is 137 Å². The van der Waals surface area contributed by atoms with Gasteiger partial charge in [-0.25, -0.2) is 0 Å². The lowest BCUT2D eigenvalue weighted by Crippen LogP contribution is -2.30. The number of hydrogen-bond acceptors (Lipinski definition) is 2. The highest BCUT2D eigenvalue weighted by Gasteiger charge is 2.30.